The Hall–Kier alpha value is -3.07. The van der Waals surface area contributed by atoms with Gasteiger partial charge in [0, 0.05) is 39.3 Å². The zero-order valence-electron chi connectivity index (χ0n) is 18.8. The van der Waals surface area contributed by atoms with Gasteiger partial charge in [0.05, 0.1) is 11.5 Å². The Bertz CT molecular complexity index is 1080. The number of hydrogen-bond donors (Lipinski definition) is 1. The molecule has 3 aliphatic rings. The van der Waals surface area contributed by atoms with Crippen LogP contribution in [0.25, 0.3) is 0 Å². The minimum Gasteiger partial charge on any atom is -0.345 e. The number of carbonyl (C=O) groups excluding carboxylic acids is 2. The van der Waals surface area contributed by atoms with Crippen molar-refractivity contribution in [1.82, 2.24) is 29.9 Å². The van der Waals surface area contributed by atoms with E-state index in [1.807, 2.05) is 9.47 Å². The first-order chi connectivity index (χ1) is 15.9. The summed E-state index contributed by atoms with van der Waals surface area (Å²) in [7, 11) is 0. The van der Waals surface area contributed by atoms with E-state index in [4.69, 9.17) is 0 Å². The van der Waals surface area contributed by atoms with Crippen LogP contribution >= 0.6 is 0 Å². The monoisotopic (exact) mass is 452 g/mol. The highest BCUT2D eigenvalue weighted by molar-refractivity contribution is 5.90. The zero-order valence-corrected chi connectivity index (χ0v) is 18.8. The van der Waals surface area contributed by atoms with E-state index in [0.717, 1.165) is 43.7 Å². The van der Waals surface area contributed by atoms with E-state index in [0.29, 0.717) is 19.6 Å². The molecule has 8 nitrogen and oxygen atoms in total. The lowest BCUT2D eigenvalue weighted by Crippen LogP contribution is -2.56. The van der Waals surface area contributed by atoms with Gasteiger partial charge in [0.2, 0.25) is 11.7 Å². The van der Waals surface area contributed by atoms with Crippen LogP contribution in [-0.2, 0) is 17.9 Å². The predicted molar refractivity (Wildman–Crippen MR) is 120 cm³/mol. The number of carbonyl (C=O) groups is 2. The van der Waals surface area contributed by atoms with Gasteiger partial charge >= 0.3 is 0 Å². The van der Waals surface area contributed by atoms with Crippen LogP contribution in [0.4, 0.5) is 4.39 Å². The fourth-order valence-electron chi connectivity index (χ4n) is 5.10. The third kappa shape index (κ3) is 4.17. The topological polar surface area (TPSA) is 83.4 Å². The van der Waals surface area contributed by atoms with Crippen molar-refractivity contribution in [3.05, 3.63) is 59.4 Å². The number of piperazine rings is 1. The second-order valence-electron chi connectivity index (χ2n) is 9.42. The molecule has 1 aromatic carbocycles. The summed E-state index contributed by atoms with van der Waals surface area (Å²) in [6.07, 6.45) is 6.87. The number of nitrogens with one attached hydrogen (secondary N) is 1. The van der Waals surface area contributed by atoms with Gasteiger partial charge in [0.25, 0.3) is 5.91 Å². The minimum atomic E-state index is -0.343. The quantitative estimate of drug-likeness (QED) is 0.720. The molecule has 0 spiro atoms. The SMILES string of the molecule is C[C@]1(C(=O)N2CCN3CCn4c(C(=O)NCc5ccc(F)cc5)nnc4[C@@H]3C2)CC=CCC1. The van der Waals surface area contributed by atoms with Gasteiger partial charge in [-0.25, -0.2) is 4.39 Å². The number of aromatic nitrogens is 3. The summed E-state index contributed by atoms with van der Waals surface area (Å²) in [6, 6.07) is 5.96. The molecule has 0 radical (unpaired) electrons. The minimum absolute atomic E-state index is 0.0645. The van der Waals surface area contributed by atoms with Gasteiger partial charge in [-0.3, -0.25) is 14.5 Å². The molecule has 2 atom stereocenters. The van der Waals surface area contributed by atoms with E-state index in [2.05, 4.69) is 39.5 Å². The first-order valence-electron chi connectivity index (χ1n) is 11.6. The van der Waals surface area contributed by atoms with Crippen LogP contribution in [0.1, 0.15) is 54.2 Å². The second kappa shape index (κ2) is 8.70. The maximum absolute atomic E-state index is 13.4. The van der Waals surface area contributed by atoms with Crippen LogP contribution in [-0.4, -0.2) is 62.6 Å². The summed E-state index contributed by atoms with van der Waals surface area (Å²) in [5.41, 5.74) is 0.465. The normalized spacial score (nSPS) is 24.8. The van der Waals surface area contributed by atoms with Gasteiger partial charge in [-0.1, -0.05) is 31.2 Å². The Kier molecular flexibility index (Phi) is 5.74. The second-order valence-corrected chi connectivity index (χ2v) is 9.42. The molecule has 0 saturated carbocycles. The van der Waals surface area contributed by atoms with Gasteiger partial charge < -0.3 is 14.8 Å². The number of rotatable bonds is 4. The smallest absolute Gasteiger partial charge is 0.289 e. The van der Waals surface area contributed by atoms with Gasteiger partial charge in [0.15, 0.2) is 5.82 Å². The molecule has 1 saturated heterocycles. The average molecular weight is 453 g/mol. The van der Waals surface area contributed by atoms with Crippen molar-refractivity contribution in [2.75, 3.05) is 26.2 Å². The molecule has 1 aliphatic carbocycles. The summed E-state index contributed by atoms with van der Waals surface area (Å²) >= 11 is 0. The number of fused-ring (bicyclic) bond motifs is 3. The Balaban J connectivity index is 1.29. The van der Waals surface area contributed by atoms with Crippen LogP contribution in [0.5, 0.6) is 0 Å². The fourth-order valence-corrected chi connectivity index (χ4v) is 5.10. The molecule has 5 rings (SSSR count). The molecular weight excluding hydrogens is 423 g/mol. The van der Waals surface area contributed by atoms with Gasteiger partial charge in [0.1, 0.15) is 5.82 Å². The molecule has 2 aromatic rings. The Morgan fingerprint density at radius 1 is 1.12 bits per heavy atom. The van der Waals surface area contributed by atoms with Crippen molar-refractivity contribution in [2.24, 2.45) is 5.41 Å². The molecule has 3 heterocycles. The Labute approximate surface area is 192 Å². The Morgan fingerprint density at radius 2 is 1.91 bits per heavy atom. The third-order valence-electron chi connectivity index (χ3n) is 7.15. The average Bonchev–Trinajstić information content (AvgIpc) is 3.28. The summed E-state index contributed by atoms with van der Waals surface area (Å²) in [6.45, 7) is 5.84. The van der Waals surface area contributed by atoms with Crippen LogP contribution < -0.4 is 5.32 Å². The van der Waals surface area contributed by atoms with Gasteiger partial charge in [-0.2, -0.15) is 0 Å². The number of hydrogen-bond acceptors (Lipinski definition) is 5. The summed E-state index contributed by atoms with van der Waals surface area (Å²) in [5.74, 6) is 0.603. The molecule has 0 bridgehead atoms. The number of amides is 2. The van der Waals surface area contributed by atoms with Crippen molar-refractivity contribution in [2.45, 2.75) is 45.3 Å². The third-order valence-corrected chi connectivity index (χ3v) is 7.15. The molecule has 1 fully saturated rings. The molecule has 2 amide bonds. The van der Waals surface area contributed by atoms with E-state index >= 15 is 0 Å². The van der Waals surface area contributed by atoms with E-state index < -0.39 is 0 Å². The van der Waals surface area contributed by atoms with Gasteiger partial charge in [-0.15, -0.1) is 10.2 Å². The number of nitrogens with zero attached hydrogens (tertiary/aromatic N) is 5. The van der Waals surface area contributed by atoms with E-state index in [9.17, 15) is 14.0 Å². The first kappa shape index (κ1) is 21.8. The fraction of sp³-hybridized carbons (Fsp3) is 0.500. The molecule has 2 aliphatic heterocycles. The van der Waals surface area contributed by atoms with E-state index in [1.54, 1.807) is 12.1 Å². The molecule has 1 N–H and O–H groups in total. The van der Waals surface area contributed by atoms with Crippen LogP contribution in [0.15, 0.2) is 36.4 Å². The highest BCUT2D eigenvalue weighted by Crippen LogP contribution is 2.36. The summed E-state index contributed by atoms with van der Waals surface area (Å²) in [5, 5.41) is 11.4. The molecule has 9 heteroatoms. The molecule has 1 aromatic heterocycles. The molecule has 33 heavy (non-hydrogen) atoms. The van der Waals surface area contributed by atoms with Crippen molar-refractivity contribution in [1.29, 1.82) is 0 Å². The first-order valence-corrected chi connectivity index (χ1v) is 11.6. The van der Waals surface area contributed by atoms with E-state index in [1.165, 1.54) is 12.1 Å². The van der Waals surface area contributed by atoms with E-state index in [-0.39, 0.29) is 41.5 Å². The van der Waals surface area contributed by atoms with Crippen LogP contribution in [0.3, 0.4) is 0 Å². The van der Waals surface area contributed by atoms with Crippen molar-refractivity contribution >= 4 is 11.8 Å². The lowest BCUT2D eigenvalue weighted by atomic mass is 9.77. The maximum atomic E-state index is 13.4. The summed E-state index contributed by atoms with van der Waals surface area (Å²) < 4.78 is 15.0. The Morgan fingerprint density at radius 3 is 2.67 bits per heavy atom. The largest absolute Gasteiger partial charge is 0.345 e. The van der Waals surface area contributed by atoms with Crippen LogP contribution in [0.2, 0.25) is 0 Å². The van der Waals surface area contributed by atoms with Crippen molar-refractivity contribution in [3.63, 3.8) is 0 Å². The standard InChI is InChI=1S/C24H29FN6O2/c1-24(9-3-2-4-10-24)23(33)30-12-11-29-13-14-31-20(19(29)16-30)27-28-21(31)22(32)26-15-17-5-7-18(25)8-6-17/h2-3,5-8,19H,4,9-16H2,1H3,(H,26,32)/t19-,24-/m0/s1. The van der Waals surface area contributed by atoms with Gasteiger partial charge in [-0.05, 0) is 37.0 Å². The van der Waals surface area contributed by atoms with Crippen LogP contribution in [0, 0.1) is 11.2 Å². The molecule has 174 valence electrons. The zero-order chi connectivity index (χ0) is 23.0. The number of benzene rings is 1. The lowest BCUT2D eigenvalue weighted by Gasteiger charge is -2.45. The highest BCUT2D eigenvalue weighted by atomic mass is 19.1. The molecular formula is C24H29FN6O2. The number of allylic oxidation sites excluding steroid dienone is 2. The lowest BCUT2D eigenvalue weighted by molar-refractivity contribution is -0.145. The number of halogens is 1. The molecule has 0 unspecified atom stereocenters. The summed E-state index contributed by atoms with van der Waals surface area (Å²) in [4.78, 5) is 30.5. The highest BCUT2D eigenvalue weighted by Gasteiger charge is 2.42. The maximum Gasteiger partial charge on any atom is 0.289 e. The predicted octanol–water partition coefficient (Wildman–Crippen LogP) is 2.29. The van der Waals surface area contributed by atoms with Crippen molar-refractivity contribution in [3.8, 4) is 0 Å². The van der Waals surface area contributed by atoms with Crippen molar-refractivity contribution < 1.29 is 14.0 Å².